The van der Waals surface area contributed by atoms with Gasteiger partial charge < -0.3 is 5.11 Å². The Morgan fingerprint density at radius 3 is 2.35 bits per heavy atom. The molecule has 1 aromatic carbocycles. The van der Waals surface area contributed by atoms with Crippen LogP contribution in [0.4, 0.5) is 0 Å². The molecular formula is C15H17NO4. The third kappa shape index (κ3) is 2.71. The van der Waals surface area contributed by atoms with Gasteiger partial charge in [0.05, 0.1) is 5.92 Å². The fourth-order valence-electron chi connectivity index (χ4n) is 2.47. The molecule has 2 rings (SSSR count). The second-order valence-corrected chi connectivity index (χ2v) is 5.24. The maximum Gasteiger partial charge on any atom is 0.323 e. The van der Waals surface area contributed by atoms with Gasteiger partial charge in [0.25, 0.3) is 0 Å². The average Bonchev–Trinajstić information content (AvgIpc) is 2.58. The third-order valence-corrected chi connectivity index (χ3v) is 3.71. The zero-order valence-corrected chi connectivity index (χ0v) is 11.5. The van der Waals surface area contributed by atoms with Crippen molar-refractivity contribution in [3.8, 4) is 0 Å². The molecule has 0 radical (unpaired) electrons. The van der Waals surface area contributed by atoms with Gasteiger partial charge in [0.1, 0.15) is 6.54 Å². The normalized spacial score (nSPS) is 22.4. The number of rotatable bonds is 4. The fourth-order valence-corrected chi connectivity index (χ4v) is 2.47. The SMILES string of the molecule is Cc1ccc(C[C@H]2C(=O)N(CC(=O)O)C(=O)[C@@H]2C)cc1. The summed E-state index contributed by atoms with van der Waals surface area (Å²) in [6.45, 7) is 3.11. The van der Waals surface area contributed by atoms with E-state index in [1.165, 1.54) is 0 Å². The van der Waals surface area contributed by atoms with Crippen LogP contribution in [0.3, 0.4) is 0 Å². The minimum atomic E-state index is -1.17. The Hall–Kier alpha value is -2.17. The quantitative estimate of drug-likeness (QED) is 0.839. The summed E-state index contributed by atoms with van der Waals surface area (Å²) in [5.74, 6) is -2.89. The number of aliphatic carboxylic acids is 1. The van der Waals surface area contributed by atoms with Crippen molar-refractivity contribution in [3.63, 3.8) is 0 Å². The van der Waals surface area contributed by atoms with Crippen molar-refractivity contribution in [1.29, 1.82) is 0 Å². The Bertz CT molecular complexity index is 549. The molecular weight excluding hydrogens is 258 g/mol. The van der Waals surface area contributed by atoms with Gasteiger partial charge in [-0.1, -0.05) is 36.8 Å². The summed E-state index contributed by atoms with van der Waals surface area (Å²) < 4.78 is 0. The highest BCUT2D eigenvalue weighted by Gasteiger charge is 2.45. The van der Waals surface area contributed by atoms with Crippen molar-refractivity contribution in [1.82, 2.24) is 4.90 Å². The van der Waals surface area contributed by atoms with Crippen molar-refractivity contribution in [3.05, 3.63) is 35.4 Å². The van der Waals surface area contributed by atoms with Crippen LogP contribution in [0.5, 0.6) is 0 Å². The van der Waals surface area contributed by atoms with Crippen molar-refractivity contribution in [2.75, 3.05) is 6.54 Å². The number of aryl methyl sites for hydroxylation is 1. The number of hydrogen-bond donors (Lipinski definition) is 1. The van der Waals surface area contributed by atoms with E-state index in [2.05, 4.69) is 0 Å². The Balaban J connectivity index is 2.16. The van der Waals surface area contributed by atoms with Gasteiger partial charge in [0.15, 0.2) is 0 Å². The van der Waals surface area contributed by atoms with Crippen molar-refractivity contribution in [2.24, 2.45) is 11.8 Å². The number of nitrogens with zero attached hydrogens (tertiary/aromatic N) is 1. The zero-order valence-electron chi connectivity index (χ0n) is 11.5. The molecule has 1 heterocycles. The Morgan fingerprint density at radius 1 is 1.20 bits per heavy atom. The lowest BCUT2D eigenvalue weighted by molar-refractivity contribution is -0.149. The predicted octanol–water partition coefficient (Wildman–Crippen LogP) is 1.24. The summed E-state index contributed by atoms with van der Waals surface area (Å²) in [6, 6.07) is 7.77. The van der Waals surface area contributed by atoms with E-state index < -0.39 is 30.3 Å². The van der Waals surface area contributed by atoms with Gasteiger partial charge in [-0.25, -0.2) is 0 Å². The maximum absolute atomic E-state index is 12.2. The lowest BCUT2D eigenvalue weighted by Crippen LogP contribution is -2.35. The summed E-state index contributed by atoms with van der Waals surface area (Å²) in [7, 11) is 0. The standard InChI is InChI=1S/C15H17NO4/c1-9-3-5-11(6-4-9)7-12-10(2)14(19)16(15(12)20)8-13(17)18/h3-6,10,12H,7-8H2,1-2H3,(H,17,18)/t10-,12-/m1/s1. The van der Waals surface area contributed by atoms with Crippen molar-refractivity contribution in [2.45, 2.75) is 20.3 Å². The summed E-state index contributed by atoms with van der Waals surface area (Å²) in [5.41, 5.74) is 2.11. The lowest BCUT2D eigenvalue weighted by Gasteiger charge is -2.12. The molecule has 0 aliphatic carbocycles. The topological polar surface area (TPSA) is 74.7 Å². The number of benzene rings is 1. The van der Waals surface area contributed by atoms with Gasteiger partial charge >= 0.3 is 5.97 Å². The molecule has 1 N–H and O–H groups in total. The molecule has 20 heavy (non-hydrogen) atoms. The van der Waals surface area contributed by atoms with E-state index in [9.17, 15) is 14.4 Å². The van der Waals surface area contributed by atoms with Gasteiger partial charge in [-0.3, -0.25) is 19.3 Å². The van der Waals surface area contributed by atoms with Crippen LogP contribution in [0, 0.1) is 18.8 Å². The first-order chi connectivity index (χ1) is 9.40. The number of amides is 2. The molecule has 1 fully saturated rings. The number of carboxylic acid groups (broad SMARTS) is 1. The van der Waals surface area contributed by atoms with E-state index in [1.807, 2.05) is 31.2 Å². The number of carbonyl (C=O) groups is 3. The molecule has 1 aromatic rings. The van der Waals surface area contributed by atoms with Crippen LogP contribution in [0.25, 0.3) is 0 Å². The van der Waals surface area contributed by atoms with E-state index >= 15 is 0 Å². The second kappa shape index (κ2) is 5.45. The first kappa shape index (κ1) is 14.2. The first-order valence-electron chi connectivity index (χ1n) is 6.52. The lowest BCUT2D eigenvalue weighted by atomic mass is 9.90. The van der Waals surface area contributed by atoms with E-state index in [0.29, 0.717) is 6.42 Å². The first-order valence-corrected chi connectivity index (χ1v) is 6.52. The molecule has 5 heteroatoms. The van der Waals surface area contributed by atoms with E-state index in [4.69, 9.17) is 5.11 Å². The van der Waals surface area contributed by atoms with Crippen LogP contribution >= 0.6 is 0 Å². The molecule has 1 aliphatic rings. The zero-order chi connectivity index (χ0) is 14.9. The number of likely N-dealkylation sites (tertiary alicyclic amines) is 1. The predicted molar refractivity (Wildman–Crippen MR) is 71.9 cm³/mol. The molecule has 0 aromatic heterocycles. The highest BCUT2D eigenvalue weighted by molar-refractivity contribution is 6.06. The van der Waals surface area contributed by atoms with E-state index in [1.54, 1.807) is 6.92 Å². The summed E-state index contributed by atoms with van der Waals surface area (Å²) in [6.07, 6.45) is 0.460. The summed E-state index contributed by atoms with van der Waals surface area (Å²) >= 11 is 0. The summed E-state index contributed by atoms with van der Waals surface area (Å²) in [5, 5.41) is 8.76. The second-order valence-electron chi connectivity index (χ2n) is 5.24. The van der Waals surface area contributed by atoms with Gasteiger partial charge in [0.2, 0.25) is 11.8 Å². The van der Waals surface area contributed by atoms with Crippen LogP contribution in [0.1, 0.15) is 18.1 Å². The van der Waals surface area contributed by atoms with Gasteiger partial charge in [-0.2, -0.15) is 0 Å². The van der Waals surface area contributed by atoms with E-state index in [-0.39, 0.29) is 5.91 Å². The van der Waals surface area contributed by atoms with Crippen molar-refractivity contribution < 1.29 is 19.5 Å². The minimum Gasteiger partial charge on any atom is -0.480 e. The third-order valence-electron chi connectivity index (χ3n) is 3.71. The molecule has 0 spiro atoms. The minimum absolute atomic E-state index is 0.384. The number of hydrogen-bond acceptors (Lipinski definition) is 3. The van der Waals surface area contributed by atoms with Gasteiger partial charge in [0, 0.05) is 5.92 Å². The fraction of sp³-hybridized carbons (Fsp3) is 0.400. The maximum atomic E-state index is 12.2. The molecule has 1 aliphatic heterocycles. The molecule has 5 nitrogen and oxygen atoms in total. The number of imide groups is 1. The highest BCUT2D eigenvalue weighted by Crippen LogP contribution is 2.29. The molecule has 2 atom stereocenters. The monoisotopic (exact) mass is 275 g/mol. The molecule has 106 valence electrons. The number of carboxylic acids is 1. The highest BCUT2D eigenvalue weighted by atomic mass is 16.4. The van der Waals surface area contributed by atoms with Crippen LogP contribution in [-0.2, 0) is 20.8 Å². The molecule has 1 saturated heterocycles. The van der Waals surface area contributed by atoms with Crippen LogP contribution < -0.4 is 0 Å². The van der Waals surface area contributed by atoms with Crippen LogP contribution in [0.15, 0.2) is 24.3 Å². The molecule has 2 amide bonds. The van der Waals surface area contributed by atoms with Crippen LogP contribution in [0.2, 0.25) is 0 Å². The molecule has 0 saturated carbocycles. The van der Waals surface area contributed by atoms with Crippen LogP contribution in [-0.4, -0.2) is 34.3 Å². The van der Waals surface area contributed by atoms with E-state index in [0.717, 1.165) is 16.0 Å². The molecule has 0 bridgehead atoms. The number of carbonyl (C=O) groups excluding carboxylic acids is 2. The largest absolute Gasteiger partial charge is 0.480 e. The smallest absolute Gasteiger partial charge is 0.323 e. The Kier molecular flexibility index (Phi) is 3.88. The Morgan fingerprint density at radius 2 is 1.80 bits per heavy atom. The van der Waals surface area contributed by atoms with Crippen molar-refractivity contribution >= 4 is 17.8 Å². The average molecular weight is 275 g/mol. The molecule has 0 unspecified atom stereocenters. The Labute approximate surface area is 117 Å². The summed E-state index contributed by atoms with van der Waals surface area (Å²) in [4.78, 5) is 35.7. The van der Waals surface area contributed by atoms with Gasteiger partial charge in [-0.05, 0) is 18.9 Å². The van der Waals surface area contributed by atoms with Gasteiger partial charge in [-0.15, -0.1) is 0 Å².